The van der Waals surface area contributed by atoms with E-state index in [2.05, 4.69) is 54.0 Å². The fourth-order valence-electron chi connectivity index (χ4n) is 1.58. The van der Waals surface area contributed by atoms with E-state index in [0.29, 0.717) is 0 Å². The molecule has 1 nitrogen and oxygen atoms in total. The maximum Gasteiger partial charge on any atom is 0.144 e. The first-order valence-corrected chi connectivity index (χ1v) is 6.21. The Morgan fingerprint density at radius 2 is 1.87 bits per heavy atom. The second-order valence-electron chi connectivity index (χ2n) is 3.90. The number of carbonyl (C=O) groups excluding carboxylic acids is 1. The molecule has 0 aliphatic rings. The molecule has 2 atom stereocenters. The third-order valence-corrected chi connectivity index (χ3v) is 4.18. The van der Waals surface area contributed by atoms with Crippen molar-refractivity contribution in [1.29, 1.82) is 0 Å². The number of benzene rings is 1. The van der Waals surface area contributed by atoms with Gasteiger partial charge in [0.25, 0.3) is 0 Å². The molecule has 2 heteroatoms. The lowest BCUT2D eigenvalue weighted by molar-refractivity contribution is -0.116. The minimum atomic E-state index is -0.0787. The van der Waals surface area contributed by atoms with Gasteiger partial charge in [-0.3, -0.25) is 4.79 Å². The van der Waals surface area contributed by atoms with Crippen LogP contribution in [0.5, 0.6) is 0 Å². The molecule has 0 aliphatic heterocycles. The molecule has 0 aromatic heterocycles. The maximum atomic E-state index is 11.2. The van der Waals surface area contributed by atoms with E-state index in [1.165, 1.54) is 11.1 Å². The van der Waals surface area contributed by atoms with Crippen molar-refractivity contribution in [3.05, 3.63) is 35.4 Å². The Morgan fingerprint density at radius 1 is 1.33 bits per heavy atom. The van der Waals surface area contributed by atoms with Crippen molar-refractivity contribution in [2.45, 2.75) is 37.9 Å². The van der Waals surface area contributed by atoms with E-state index in [0.717, 1.165) is 6.42 Å². The molecule has 0 fully saturated rings. The third-order valence-electron chi connectivity index (χ3n) is 2.74. The van der Waals surface area contributed by atoms with Gasteiger partial charge in [0.15, 0.2) is 0 Å². The molecule has 15 heavy (non-hydrogen) atoms. The standard InChI is InChI=1S/C13H17BrO/c1-4-11-5-7-12(8-6-11)9(2)13(14)10(3)15/h5-9,13H,4H2,1-3H3. The van der Waals surface area contributed by atoms with Crippen molar-refractivity contribution in [3.8, 4) is 0 Å². The number of Topliss-reactive ketones (excluding diaryl/α,β-unsaturated/α-hetero) is 1. The van der Waals surface area contributed by atoms with Crippen molar-refractivity contribution < 1.29 is 4.79 Å². The lowest BCUT2D eigenvalue weighted by Gasteiger charge is -2.16. The number of hydrogen-bond donors (Lipinski definition) is 0. The van der Waals surface area contributed by atoms with Crippen LogP contribution in [0.15, 0.2) is 24.3 Å². The van der Waals surface area contributed by atoms with Crippen LogP contribution in [-0.4, -0.2) is 10.6 Å². The first-order chi connectivity index (χ1) is 7.06. The van der Waals surface area contributed by atoms with E-state index in [9.17, 15) is 4.79 Å². The van der Waals surface area contributed by atoms with Crippen LogP contribution in [-0.2, 0) is 11.2 Å². The van der Waals surface area contributed by atoms with Gasteiger partial charge in [-0.15, -0.1) is 0 Å². The lowest BCUT2D eigenvalue weighted by Crippen LogP contribution is -2.17. The SMILES string of the molecule is CCc1ccc(C(C)C(Br)C(C)=O)cc1. The molecular formula is C13H17BrO. The number of rotatable bonds is 4. The molecule has 82 valence electrons. The first-order valence-electron chi connectivity index (χ1n) is 5.29. The summed E-state index contributed by atoms with van der Waals surface area (Å²) < 4.78 is 0. The predicted molar refractivity (Wildman–Crippen MR) is 67.6 cm³/mol. The molecule has 0 bridgehead atoms. The van der Waals surface area contributed by atoms with Crippen LogP contribution in [0.25, 0.3) is 0 Å². The van der Waals surface area contributed by atoms with E-state index < -0.39 is 0 Å². The molecule has 0 N–H and O–H groups in total. The molecular weight excluding hydrogens is 252 g/mol. The molecule has 0 spiro atoms. The molecule has 0 heterocycles. The second-order valence-corrected chi connectivity index (χ2v) is 4.88. The molecule has 0 radical (unpaired) electrons. The van der Waals surface area contributed by atoms with Gasteiger partial charge in [0.05, 0.1) is 4.83 Å². The monoisotopic (exact) mass is 268 g/mol. The maximum absolute atomic E-state index is 11.2. The number of carbonyl (C=O) groups is 1. The highest BCUT2D eigenvalue weighted by Crippen LogP contribution is 2.25. The van der Waals surface area contributed by atoms with E-state index >= 15 is 0 Å². The number of aryl methyl sites for hydroxylation is 1. The molecule has 0 saturated carbocycles. The zero-order chi connectivity index (χ0) is 11.4. The van der Waals surface area contributed by atoms with Gasteiger partial charge in [-0.25, -0.2) is 0 Å². The molecule has 1 aromatic carbocycles. The molecule has 1 rings (SSSR count). The van der Waals surface area contributed by atoms with Gasteiger partial charge >= 0.3 is 0 Å². The van der Waals surface area contributed by atoms with Gasteiger partial charge in [0.2, 0.25) is 0 Å². The van der Waals surface area contributed by atoms with Crippen molar-refractivity contribution in [3.63, 3.8) is 0 Å². The lowest BCUT2D eigenvalue weighted by atomic mass is 9.95. The summed E-state index contributed by atoms with van der Waals surface area (Å²) in [5, 5.41) is 0. The fourth-order valence-corrected chi connectivity index (χ4v) is 1.88. The number of alkyl halides is 1. The van der Waals surface area contributed by atoms with Crippen molar-refractivity contribution in [1.82, 2.24) is 0 Å². The molecule has 0 saturated heterocycles. The third kappa shape index (κ3) is 3.16. The highest BCUT2D eigenvalue weighted by Gasteiger charge is 2.19. The van der Waals surface area contributed by atoms with E-state index in [1.54, 1.807) is 6.92 Å². The zero-order valence-electron chi connectivity index (χ0n) is 9.46. The van der Waals surface area contributed by atoms with Crippen LogP contribution >= 0.6 is 15.9 Å². The number of ketones is 1. The van der Waals surface area contributed by atoms with E-state index in [-0.39, 0.29) is 16.5 Å². The zero-order valence-corrected chi connectivity index (χ0v) is 11.0. The normalized spacial score (nSPS) is 14.7. The first kappa shape index (κ1) is 12.4. The Labute approximate surface area is 100 Å². The van der Waals surface area contributed by atoms with Crippen LogP contribution in [0.4, 0.5) is 0 Å². The molecule has 2 unspecified atom stereocenters. The number of halogens is 1. The van der Waals surface area contributed by atoms with Gasteiger partial charge in [-0.05, 0) is 24.5 Å². The smallest absolute Gasteiger partial charge is 0.144 e. The largest absolute Gasteiger partial charge is 0.299 e. The van der Waals surface area contributed by atoms with Gasteiger partial charge < -0.3 is 0 Å². The summed E-state index contributed by atoms with van der Waals surface area (Å²) in [6.45, 7) is 5.83. The summed E-state index contributed by atoms with van der Waals surface area (Å²) in [7, 11) is 0. The van der Waals surface area contributed by atoms with Crippen molar-refractivity contribution in [2.24, 2.45) is 0 Å². The van der Waals surface area contributed by atoms with Crippen molar-refractivity contribution in [2.75, 3.05) is 0 Å². The second kappa shape index (κ2) is 5.45. The highest BCUT2D eigenvalue weighted by molar-refractivity contribution is 9.10. The van der Waals surface area contributed by atoms with Gasteiger partial charge in [-0.1, -0.05) is 54.0 Å². The van der Waals surface area contributed by atoms with Crippen LogP contribution in [0.2, 0.25) is 0 Å². The average Bonchev–Trinajstić information content (AvgIpc) is 2.27. The Kier molecular flexibility index (Phi) is 4.52. The number of hydrogen-bond acceptors (Lipinski definition) is 1. The Morgan fingerprint density at radius 3 is 2.27 bits per heavy atom. The van der Waals surface area contributed by atoms with Crippen LogP contribution in [0.1, 0.15) is 37.8 Å². The van der Waals surface area contributed by atoms with Gasteiger partial charge in [-0.2, -0.15) is 0 Å². The Hall–Kier alpha value is -0.630. The van der Waals surface area contributed by atoms with Crippen LogP contribution in [0.3, 0.4) is 0 Å². The summed E-state index contributed by atoms with van der Waals surface area (Å²) in [4.78, 5) is 11.2. The Balaban J connectivity index is 2.82. The predicted octanol–water partition coefficient (Wildman–Crippen LogP) is 3.71. The van der Waals surface area contributed by atoms with E-state index in [4.69, 9.17) is 0 Å². The van der Waals surface area contributed by atoms with Gasteiger partial charge in [0.1, 0.15) is 5.78 Å². The summed E-state index contributed by atoms with van der Waals surface area (Å²) in [5.41, 5.74) is 2.55. The summed E-state index contributed by atoms with van der Waals surface area (Å²) >= 11 is 3.43. The summed E-state index contributed by atoms with van der Waals surface area (Å²) in [6.07, 6.45) is 1.05. The fraction of sp³-hybridized carbons (Fsp3) is 0.462. The summed E-state index contributed by atoms with van der Waals surface area (Å²) in [5.74, 6) is 0.412. The van der Waals surface area contributed by atoms with Crippen molar-refractivity contribution >= 4 is 21.7 Å². The molecule has 0 aliphatic carbocycles. The van der Waals surface area contributed by atoms with E-state index in [1.807, 2.05) is 0 Å². The minimum absolute atomic E-state index is 0.0787. The molecule has 0 amide bonds. The summed E-state index contributed by atoms with van der Waals surface area (Å²) in [6, 6.07) is 8.48. The average molecular weight is 269 g/mol. The minimum Gasteiger partial charge on any atom is -0.299 e. The molecule has 1 aromatic rings. The Bertz CT molecular complexity index is 329. The van der Waals surface area contributed by atoms with Crippen LogP contribution < -0.4 is 0 Å². The van der Waals surface area contributed by atoms with Gasteiger partial charge in [0, 0.05) is 5.92 Å². The van der Waals surface area contributed by atoms with Crippen LogP contribution in [0, 0.1) is 0 Å². The highest BCUT2D eigenvalue weighted by atomic mass is 79.9. The quantitative estimate of drug-likeness (QED) is 0.761. The topological polar surface area (TPSA) is 17.1 Å².